The minimum Gasteiger partial charge on any atom is -0.367 e. The molecule has 1 N–H and O–H groups in total. The summed E-state index contributed by atoms with van der Waals surface area (Å²) in [7, 11) is 0. The van der Waals surface area contributed by atoms with Crippen molar-refractivity contribution < 1.29 is 18.0 Å². The molecule has 1 aromatic heterocycles. The maximum Gasteiger partial charge on any atom is 0.421 e. The minimum atomic E-state index is -4.76. The Hall–Kier alpha value is -2.81. The van der Waals surface area contributed by atoms with E-state index in [2.05, 4.69) is 22.0 Å². The summed E-state index contributed by atoms with van der Waals surface area (Å²) >= 11 is 0. The van der Waals surface area contributed by atoms with Crippen molar-refractivity contribution in [3.05, 3.63) is 58.5 Å². The van der Waals surface area contributed by atoms with E-state index in [9.17, 15) is 22.8 Å². The van der Waals surface area contributed by atoms with Crippen molar-refractivity contribution in [1.29, 1.82) is 0 Å². The van der Waals surface area contributed by atoms with E-state index in [4.69, 9.17) is 0 Å². The fourth-order valence-corrected chi connectivity index (χ4v) is 3.38. The highest BCUT2D eigenvalue weighted by atomic mass is 19.4. The van der Waals surface area contributed by atoms with Gasteiger partial charge < -0.3 is 19.7 Å². The lowest BCUT2D eigenvalue weighted by molar-refractivity contribution is -0.139. The first-order valence-electron chi connectivity index (χ1n) is 9.42. The number of benzene rings is 1. The van der Waals surface area contributed by atoms with Crippen LogP contribution in [0, 0.1) is 0 Å². The van der Waals surface area contributed by atoms with Crippen molar-refractivity contribution >= 4 is 17.3 Å². The van der Waals surface area contributed by atoms with E-state index in [1.165, 1.54) is 6.20 Å². The third kappa shape index (κ3) is 4.97. The molecule has 1 fully saturated rings. The average molecular weight is 408 g/mol. The lowest BCUT2D eigenvalue weighted by atomic mass is 10.2. The number of alkyl halides is 3. The van der Waals surface area contributed by atoms with Crippen LogP contribution < -0.4 is 15.8 Å². The topological polar surface area (TPSA) is 57.6 Å². The van der Waals surface area contributed by atoms with Gasteiger partial charge in [0.1, 0.15) is 12.1 Å². The molecule has 0 spiro atoms. The molecule has 29 heavy (non-hydrogen) atoms. The first-order valence-corrected chi connectivity index (χ1v) is 9.42. The smallest absolute Gasteiger partial charge is 0.367 e. The fraction of sp³-hybridized carbons (Fsp3) is 0.400. The summed E-state index contributed by atoms with van der Waals surface area (Å²) in [5.41, 5.74) is -1.10. The largest absolute Gasteiger partial charge is 0.421 e. The van der Waals surface area contributed by atoms with Crippen molar-refractivity contribution in [3.8, 4) is 0 Å². The van der Waals surface area contributed by atoms with Crippen LogP contribution in [0.2, 0.25) is 0 Å². The number of hydrogen-bond acceptors (Lipinski definition) is 4. The number of nitrogens with zero attached hydrogens (tertiary/aromatic N) is 3. The Morgan fingerprint density at radius 2 is 1.76 bits per heavy atom. The molecule has 0 saturated carbocycles. The van der Waals surface area contributed by atoms with Crippen LogP contribution in [0.3, 0.4) is 0 Å². The van der Waals surface area contributed by atoms with Gasteiger partial charge in [0.2, 0.25) is 5.91 Å². The van der Waals surface area contributed by atoms with Crippen LogP contribution in [0.25, 0.3) is 0 Å². The molecule has 0 radical (unpaired) electrons. The second kappa shape index (κ2) is 8.69. The zero-order valence-electron chi connectivity index (χ0n) is 16.1. The van der Waals surface area contributed by atoms with Gasteiger partial charge in [-0.1, -0.05) is 19.1 Å². The van der Waals surface area contributed by atoms with Gasteiger partial charge >= 0.3 is 6.18 Å². The molecule has 1 aromatic carbocycles. The van der Waals surface area contributed by atoms with E-state index >= 15 is 0 Å². The maximum atomic E-state index is 12.9. The number of piperazine rings is 1. The molecule has 3 rings (SSSR count). The molecule has 2 aromatic rings. The van der Waals surface area contributed by atoms with E-state index in [1.54, 1.807) is 12.1 Å². The number of likely N-dealkylation sites (N-methyl/N-ethyl adjacent to an activating group) is 1. The predicted octanol–water partition coefficient (Wildman–Crippen LogP) is 2.65. The third-order valence-electron chi connectivity index (χ3n) is 4.98. The van der Waals surface area contributed by atoms with Gasteiger partial charge in [-0.3, -0.25) is 9.59 Å². The van der Waals surface area contributed by atoms with Crippen LogP contribution in [-0.4, -0.2) is 48.1 Å². The van der Waals surface area contributed by atoms with Crippen molar-refractivity contribution in [2.24, 2.45) is 0 Å². The Bertz CT molecular complexity index is 918. The number of hydrogen-bond donors (Lipinski definition) is 1. The molecule has 0 bridgehead atoms. The molecule has 2 heterocycles. The molecule has 156 valence electrons. The molecule has 0 unspecified atom stereocenters. The van der Waals surface area contributed by atoms with Gasteiger partial charge in [0, 0.05) is 32.4 Å². The average Bonchev–Trinajstić information content (AvgIpc) is 2.69. The normalized spacial score (nSPS) is 15.4. The third-order valence-corrected chi connectivity index (χ3v) is 4.98. The number of anilines is 2. The summed E-state index contributed by atoms with van der Waals surface area (Å²) in [6.45, 7) is 6.05. The molecule has 6 nitrogen and oxygen atoms in total. The van der Waals surface area contributed by atoms with Crippen LogP contribution in [0.5, 0.6) is 0 Å². The summed E-state index contributed by atoms with van der Waals surface area (Å²) in [4.78, 5) is 29.0. The first-order chi connectivity index (χ1) is 13.8. The number of carbonyl (C=O) groups excluding carboxylic acids is 1. The SMILES string of the molecule is CCN1CCN(c2ccccc2NC(=O)Cn2cccc(C(F)(F)F)c2=O)CC1. The van der Waals surface area contributed by atoms with Crippen LogP contribution in [0.1, 0.15) is 12.5 Å². The van der Waals surface area contributed by atoms with Gasteiger partial charge in [0.25, 0.3) is 5.56 Å². The molecule has 0 atom stereocenters. The zero-order valence-corrected chi connectivity index (χ0v) is 16.1. The van der Waals surface area contributed by atoms with Crippen molar-refractivity contribution in [3.63, 3.8) is 0 Å². The minimum absolute atomic E-state index is 0.499. The first kappa shape index (κ1) is 20.9. The maximum absolute atomic E-state index is 12.9. The quantitative estimate of drug-likeness (QED) is 0.827. The number of amides is 1. The van der Waals surface area contributed by atoms with Gasteiger partial charge in [-0.2, -0.15) is 13.2 Å². The standard InChI is InChI=1S/C20H23F3N4O2/c1-2-25-10-12-26(13-11-25)17-8-4-3-7-16(17)24-18(28)14-27-9-5-6-15(19(27)29)20(21,22)23/h3-9H,2,10-14H2,1H3,(H,24,28). The second-order valence-electron chi connectivity index (χ2n) is 6.84. The highest BCUT2D eigenvalue weighted by molar-refractivity contribution is 5.94. The van der Waals surface area contributed by atoms with Crippen LogP contribution >= 0.6 is 0 Å². The number of aromatic nitrogens is 1. The van der Waals surface area contributed by atoms with E-state index in [0.29, 0.717) is 11.8 Å². The van der Waals surface area contributed by atoms with Gasteiger partial charge in [-0.25, -0.2) is 0 Å². The molecule has 9 heteroatoms. The van der Waals surface area contributed by atoms with Crippen LogP contribution in [-0.2, 0) is 17.5 Å². The number of carbonyl (C=O) groups is 1. The number of para-hydroxylation sites is 2. The molecule has 1 aliphatic heterocycles. The van der Waals surface area contributed by atoms with E-state index < -0.39 is 29.8 Å². The summed E-state index contributed by atoms with van der Waals surface area (Å²) in [5.74, 6) is -0.564. The number of rotatable bonds is 5. The molecule has 1 saturated heterocycles. The molecule has 0 aliphatic carbocycles. The van der Waals surface area contributed by atoms with Crippen LogP contribution in [0.4, 0.5) is 24.5 Å². The lowest BCUT2D eigenvalue weighted by Gasteiger charge is -2.36. The molecule has 1 aliphatic rings. The highest BCUT2D eigenvalue weighted by Crippen LogP contribution is 2.27. The monoisotopic (exact) mass is 408 g/mol. The predicted molar refractivity (Wildman–Crippen MR) is 105 cm³/mol. The van der Waals surface area contributed by atoms with Gasteiger partial charge in [-0.15, -0.1) is 0 Å². The Morgan fingerprint density at radius 3 is 2.41 bits per heavy atom. The van der Waals surface area contributed by atoms with Crippen molar-refractivity contribution in [1.82, 2.24) is 9.47 Å². The number of pyridine rings is 1. The Balaban J connectivity index is 1.74. The van der Waals surface area contributed by atoms with Gasteiger partial charge in [0.05, 0.1) is 11.4 Å². The zero-order chi connectivity index (χ0) is 21.0. The molecular weight excluding hydrogens is 385 g/mol. The molecule has 1 amide bonds. The Labute approximate surface area is 166 Å². The summed E-state index contributed by atoms with van der Waals surface area (Å²) in [6.07, 6.45) is -3.59. The highest BCUT2D eigenvalue weighted by Gasteiger charge is 2.34. The van der Waals surface area contributed by atoms with Crippen molar-refractivity contribution in [2.75, 3.05) is 42.9 Å². The summed E-state index contributed by atoms with van der Waals surface area (Å²) in [6, 6.07) is 9.11. The van der Waals surface area contributed by atoms with Crippen LogP contribution in [0.15, 0.2) is 47.4 Å². The van der Waals surface area contributed by atoms with E-state index in [1.807, 2.05) is 12.1 Å². The van der Waals surface area contributed by atoms with Gasteiger partial charge in [-0.05, 0) is 30.8 Å². The molecular formula is C20H23F3N4O2. The van der Waals surface area contributed by atoms with Crippen molar-refractivity contribution in [2.45, 2.75) is 19.6 Å². The number of nitrogens with one attached hydrogen (secondary N) is 1. The summed E-state index contributed by atoms with van der Waals surface area (Å²) in [5, 5.41) is 2.73. The second-order valence-corrected chi connectivity index (χ2v) is 6.84. The fourth-order valence-electron chi connectivity index (χ4n) is 3.38. The Kier molecular flexibility index (Phi) is 6.26. The lowest BCUT2D eigenvalue weighted by Crippen LogP contribution is -2.46. The summed E-state index contributed by atoms with van der Waals surface area (Å²) < 4.78 is 39.5. The number of halogens is 3. The van der Waals surface area contributed by atoms with Gasteiger partial charge in [0.15, 0.2) is 0 Å². The van der Waals surface area contributed by atoms with E-state index in [0.717, 1.165) is 49.0 Å². The van der Waals surface area contributed by atoms with E-state index in [-0.39, 0.29) is 0 Å². The Morgan fingerprint density at radius 1 is 1.07 bits per heavy atom.